The minimum absolute atomic E-state index is 0.363. The lowest BCUT2D eigenvalue weighted by atomic mass is 10.2. The molecule has 3 rings (SSSR count). The van der Waals surface area contributed by atoms with Crippen LogP contribution in [0.25, 0.3) is 11.0 Å². The minimum atomic E-state index is 0.363. The third kappa shape index (κ3) is 2.58. The van der Waals surface area contributed by atoms with Crippen LogP contribution in [0, 0.1) is 0 Å². The molecule has 0 N–H and O–H groups in total. The molecule has 102 valence electrons. The van der Waals surface area contributed by atoms with Gasteiger partial charge in [0.25, 0.3) is 0 Å². The summed E-state index contributed by atoms with van der Waals surface area (Å²) in [5.41, 5.74) is 3.00. The Hall–Kier alpha value is -1.03. The number of fused-ring (bicyclic) bond motifs is 1. The number of para-hydroxylation sites is 1. The van der Waals surface area contributed by atoms with Crippen LogP contribution in [0.4, 0.5) is 0 Å². The predicted octanol–water partition coefficient (Wildman–Crippen LogP) is 5.24. The fourth-order valence-corrected chi connectivity index (χ4v) is 2.97. The van der Waals surface area contributed by atoms with Gasteiger partial charge in [0, 0.05) is 11.0 Å². The molecular formula is C15H11BrCl2N2. The van der Waals surface area contributed by atoms with E-state index < -0.39 is 0 Å². The molecule has 3 aromatic rings. The number of alkyl halides is 1. The normalized spacial score (nSPS) is 11.2. The number of benzene rings is 2. The van der Waals surface area contributed by atoms with Gasteiger partial charge in [-0.25, -0.2) is 4.98 Å². The van der Waals surface area contributed by atoms with Crippen LogP contribution in [0.2, 0.25) is 5.02 Å². The van der Waals surface area contributed by atoms with Crippen molar-refractivity contribution in [3.63, 3.8) is 0 Å². The average molecular weight is 370 g/mol. The third-order valence-corrected chi connectivity index (χ3v) is 4.24. The maximum atomic E-state index is 6.31. The Bertz CT molecular complexity index is 750. The molecule has 20 heavy (non-hydrogen) atoms. The third-order valence-electron chi connectivity index (χ3n) is 3.17. The fraction of sp³-hybridized carbons (Fsp3) is 0.133. The molecule has 2 aromatic carbocycles. The molecule has 0 atom stereocenters. The van der Waals surface area contributed by atoms with Crippen LogP contribution in [0.5, 0.6) is 0 Å². The van der Waals surface area contributed by atoms with Crippen LogP contribution in [0.3, 0.4) is 0 Å². The lowest BCUT2D eigenvalue weighted by Crippen LogP contribution is -2.04. The average Bonchev–Trinajstić information content (AvgIpc) is 2.81. The van der Waals surface area contributed by atoms with Gasteiger partial charge < -0.3 is 4.57 Å². The Morgan fingerprint density at radius 2 is 1.85 bits per heavy atom. The molecule has 0 radical (unpaired) electrons. The van der Waals surface area contributed by atoms with Crippen molar-refractivity contribution < 1.29 is 0 Å². The largest absolute Gasteiger partial charge is 0.321 e. The highest BCUT2D eigenvalue weighted by Crippen LogP contribution is 2.26. The molecule has 0 unspecified atom stereocenters. The smallest absolute Gasteiger partial charge is 0.125 e. The first-order valence-corrected chi connectivity index (χ1v) is 7.83. The zero-order valence-corrected chi connectivity index (χ0v) is 13.6. The first-order valence-electron chi connectivity index (χ1n) is 6.13. The van der Waals surface area contributed by atoms with Crippen molar-refractivity contribution in [2.75, 3.05) is 0 Å². The molecule has 0 saturated carbocycles. The maximum Gasteiger partial charge on any atom is 0.125 e. The molecule has 1 aromatic heterocycles. The quantitative estimate of drug-likeness (QED) is 0.577. The highest BCUT2D eigenvalue weighted by molar-refractivity contribution is 9.10. The minimum Gasteiger partial charge on any atom is -0.321 e. The van der Waals surface area contributed by atoms with E-state index in [1.54, 1.807) is 0 Å². The Morgan fingerprint density at radius 3 is 2.55 bits per heavy atom. The van der Waals surface area contributed by atoms with E-state index >= 15 is 0 Å². The number of halogens is 3. The summed E-state index contributed by atoms with van der Waals surface area (Å²) in [4.78, 5) is 4.54. The molecule has 0 aliphatic heterocycles. The van der Waals surface area contributed by atoms with E-state index in [9.17, 15) is 0 Å². The first kappa shape index (κ1) is 13.9. The van der Waals surface area contributed by atoms with Gasteiger partial charge in [0.1, 0.15) is 5.82 Å². The van der Waals surface area contributed by atoms with Crippen molar-refractivity contribution in [2.45, 2.75) is 12.4 Å². The van der Waals surface area contributed by atoms with Crippen molar-refractivity contribution in [1.29, 1.82) is 0 Å². The molecule has 5 heteroatoms. The molecule has 0 saturated heterocycles. The van der Waals surface area contributed by atoms with Gasteiger partial charge in [-0.2, -0.15) is 0 Å². The summed E-state index contributed by atoms with van der Waals surface area (Å²) in [6.07, 6.45) is 0. The van der Waals surface area contributed by atoms with E-state index in [0.29, 0.717) is 17.4 Å². The first-order chi connectivity index (χ1) is 9.69. The highest BCUT2D eigenvalue weighted by Gasteiger charge is 2.12. The van der Waals surface area contributed by atoms with Gasteiger partial charge >= 0.3 is 0 Å². The molecule has 0 aliphatic rings. The van der Waals surface area contributed by atoms with Crippen LogP contribution >= 0.6 is 39.1 Å². The van der Waals surface area contributed by atoms with Crippen molar-refractivity contribution in [1.82, 2.24) is 9.55 Å². The SMILES string of the molecule is ClCc1nc2cccc(Cl)c2n1Cc1ccc(Br)cc1. The van der Waals surface area contributed by atoms with Crippen LogP contribution in [0.1, 0.15) is 11.4 Å². The second-order valence-corrected chi connectivity index (χ2v) is 6.07. The lowest BCUT2D eigenvalue weighted by molar-refractivity contribution is 0.778. The van der Waals surface area contributed by atoms with E-state index in [1.807, 2.05) is 30.3 Å². The van der Waals surface area contributed by atoms with Crippen molar-refractivity contribution >= 4 is 50.2 Å². The van der Waals surface area contributed by atoms with E-state index in [2.05, 4.69) is 37.6 Å². The molecule has 0 amide bonds. The lowest BCUT2D eigenvalue weighted by Gasteiger charge is -2.09. The summed E-state index contributed by atoms with van der Waals surface area (Å²) in [6.45, 7) is 0.704. The number of aromatic nitrogens is 2. The number of hydrogen-bond donors (Lipinski definition) is 0. The van der Waals surface area contributed by atoms with Crippen LogP contribution in [-0.4, -0.2) is 9.55 Å². The topological polar surface area (TPSA) is 17.8 Å². The Morgan fingerprint density at radius 1 is 1.10 bits per heavy atom. The van der Waals surface area contributed by atoms with Gasteiger partial charge in [0.15, 0.2) is 0 Å². The van der Waals surface area contributed by atoms with Gasteiger partial charge in [-0.1, -0.05) is 45.7 Å². The van der Waals surface area contributed by atoms with E-state index in [0.717, 1.165) is 21.3 Å². The second kappa shape index (κ2) is 5.76. The van der Waals surface area contributed by atoms with E-state index in [4.69, 9.17) is 23.2 Å². The van der Waals surface area contributed by atoms with Crippen molar-refractivity contribution in [2.24, 2.45) is 0 Å². The Kier molecular flexibility index (Phi) is 4.01. The molecule has 2 nitrogen and oxygen atoms in total. The molecule has 0 spiro atoms. The van der Waals surface area contributed by atoms with Gasteiger partial charge in [0.05, 0.1) is 21.9 Å². The molecule has 1 heterocycles. The van der Waals surface area contributed by atoms with Gasteiger partial charge in [-0.3, -0.25) is 0 Å². The molecule has 0 fully saturated rings. The zero-order valence-electron chi connectivity index (χ0n) is 10.5. The maximum absolute atomic E-state index is 6.31. The Balaban J connectivity index is 2.11. The number of rotatable bonds is 3. The number of imidazole rings is 1. The van der Waals surface area contributed by atoms with Crippen molar-refractivity contribution in [3.8, 4) is 0 Å². The molecule has 0 aliphatic carbocycles. The summed E-state index contributed by atoms with van der Waals surface area (Å²) in [6, 6.07) is 13.9. The van der Waals surface area contributed by atoms with Gasteiger partial charge in [-0.05, 0) is 29.8 Å². The summed E-state index contributed by atoms with van der Waals surface area (Å²) in [7, 11) is 0. The second-order valence-electron chi connectivity index (χ2n) is 4.48. The Labute approximate surface area is 135 Å². The van der Waals surface area contributed by atoms with E-state index in [1.165, 1.54) is 5.56 Å². The summed E-state index contributed by atoms with van der Waals surface area (Å²) >= 11 is 15.8. The van der Waals surface area contributed by atoms with Crippen LogP contribution in [-0.2, 0) is 12.4 Å². The fourth-order valence-electron chi connectivity index (χ4n) is 2.23. The summed E-state index contributed by atoms with van der Waals surface area (Å²) in [5.74, 6) is 1.19. The number of hydrogen-bond acceptors (Lipinski definition) is 1. The number of nitrogens with zero attached hydrogens (tertiary/aromatic N) is 2. The van der Waals surface area contributed by atoms with Crippen LogP contribution in [0.15, 0.2) is 46.9 Å². The van der Waals surface area contributed by atoms with Crippen LogP contribution < -0.4 is 0 Å². The van der Waals surface area contributed by atoms with E-state index in [-0.39, 0.29) is 0 Å². The summed E-state index contributed by atoms with van der Waals surface area (Å²) in [5, 5.41) is 0.698. The molecule has 0 bridgehead atoms. The van der Waals surface area contributed by atoms with Crippen molar-refractivity contribution in [3.05, 3.63) is 63.3 Å². The van der Waals surface area contributed by atoms with Gasteiger partial charge in [0.2, 0.25) is 0 Å². The van der Waals surface area contributed by atoms with Gasteiger partial charge in [-0.15, -0.1) is 11.6 Å². The standard InChI is InChI=1S/C15H11BrCl2N2/c16-11-6-4-10(5-7-11)9-20-14(8-17)19-13-3-1-2-12(18)15(13)20/h1-7H,8-9H2. The monoisotopic (exact) mass is 368 g/mol. The summed E-state index contributed by atoms with van der Waals surface area (Å²) < 4.78 is 3.14. The highest BCUT2D eigenvalue weighted by atomic mass is 79.9. The molecular weight excluding hydrogens is 359 g/mol. The predicted molar refractivity (Wildman–Crippen MR) is 87.5 cm³/mol. The zero-order chi connectivity index (χ0) is 14.1.